The Morgan fingerprint density at radius 1 is 1.15 bits per heavy atom. The van der Waals surface area contributed by atoms with Gasteiger partial charge in [-0.3, -0.25) is 9.59 Å². The quantitative estimate of drug-likeness (QED) is 0.463. The molecule has 1 atom stereocenters. The molecule has 1 aliphatic heterocycles. The maximum absolute atomic E-state index is 13.5. The number of ether oxygens (including phenoxy) is 1. The summed E-state index contributed by atoms with van der Waals surface area (Å²) in [6.45, 7) is 4.96. The maximum atomic E-state index is 13.5. The predicted octanol–water partition coefficient (Wildman–Crippen LogP) is 4.27. The molecule has 168 valence electrons. The molecule has 1 fully saturated rings. The number of benzene rings is 2. The SMILES string of the molecule is Cc1cccc(-c2sc(C)nc2C(=O)N2CCOC2CNC(=O)c2nsc3ccccc23)c1. The van der Waals surface area contributed by atoms with Gasteiger partial charge in [-0.1, -0.05) is 48.0 Å². The predicted molar refractivity (Wildman–Crippen MR) is 130 cm³/mol. The van der Waals surface area contributed by atoms with Crippen molar-refractivity contribution in [1.29, 1.82) is 0 Å². The first-order valence-corrected chi connectivity index (χ1v) is 12.2. The van der Waals surface area contributed by atoms with Crippen LogP contribution in [0, 0.1) is 13.8 Å². The summed E-state index contributed by atoms with van der Waals surface area (Å²) < 4.78 is 11.0. The van der Waals surface area contributed by atoms with E-state index in [1.54, 1.807) is 4.90 Å². The number of rotatable bonds is 5. The minimum atomic E-state index is -0.557. The molecule has 4 aromatic rings. The second-order valence-corrected chi connectivity index (χ2v) is 9.85. The minimum absolute atomic E-state index is 0.180. The Balaban J connectivity index is 1.33. The Morgan fingerprint density at radius 2 is 2.00 bits per heavy atom. The lowest BCUT2D eigenvalue weighted by atomic mass is 10.1. The second kappa shape index (κ2) is 9.01. The molecule has 0 saturated carbocycles. The van der Waals surface area contributed by atoms with Crippen LogP contribution in [0.3, 0.4) is 0 Å². The van der Waals surface area contributed by atoms with Gasteiger partial charge in [0.1, 0.15) is 17.6 Å². The first-order chi connectivity index (χ1) is 16.0. The van der Waals surface area contributed by atoms with Gasteiger partial charge in [-0.2, -0.15) is 4.37 Å². The molecular formula is C24H22N4O3S2. The van der Waals surface area contributed by atoms with Crippen LogP contribution in [0.1, 0.15) is 31.5 Å². The zero-order valence-corrected chi connectivity index (χ0v) is 19.8. The van der Waals surface area contributed by atoms with Crippen molar-refractivity contribution in [3.05, 3.63) is 70.5 Å². The third kappa shape index (κ3) is 4.27. The number of fused-ring (bicyclic) bond motifs is 1. The van der Waals surface area contributed by atoms with Gasteiger partial charge < -0.3 is 15.0 Å². The number of amides is 2. The topological polar surface area (TPSA) is 84.4 Å². The van der Waals surface area contributed by atoms with E-state index in [1.165, 1.54) is 22.9 Å². The smallest absolute Gasteiger partial charge is 0.276 e. The highest BCUT2D eigenvalue weighted by atomic mass is 32.1. The summed E-state index contributed by atoms with van der Waals surface area (Å²) in [6.07, 6.45) is -0.557. The fourth-order valence-electron chi connectivity index (χ4n) is 3.93. The number of carbonyl (C=O) groups is 2. The number of carbonyl (C=O) groups excluding carboxylic acids is 2. The Morgan fingerprint density at radius 3 is 2.85 bits per heavy atom. The molecule has 3 heterocycles. The standard InChI is InChI=1S/C24H22N4O3S2/c1-14-6-5-7-16(12-14)22-21(26-15(2)32-22)24(30)28-10-11-31-19(28)13-25-23(29)20-17-8-3-4-9-18(17)33-27-20/h3-9,12,19H,10-11,13H2,1-2H3,(H,25,29). The van der Waals surface area contributed by atoms with Gasteiger partial charge in [0.15, 0.2) is 0 Å². The molecule has 33 heavy (non-hydrogen) atoms. The summed E-state index contributed by atoms with van der Waals surface area (Å²) in [4.78, 5) is 33.3. The lowest BCUT2D eigenvalue weighted by molar-refractivity contribution is 0.0276. The summed E-state index contributed by atoms with van der Waals surface area (Å²) in [5.74, 6) is -0.466. The average Bonchev–Trinajstić information content (AvgIpc) is 3.55. The molecule has 1 N–H and O–H groups in total. The number of nitrogens with zero attached hydrogens (tertiary/aromatic N) is 3. The van der Waals surface area contributed by atoms with E-state index < -0.39 is 6.23 Å². The van der Waals surface area contributed by atoms with Crippen LogP contribution < -0.4 is 5.32 Å². The Kier molecular flexibility index (Phi) is 5.92. The van der Waals surface area contributed by atoms with E-state index in [0.717, 1.165) is 31.1 Å². The van der Waals surface area contributed by atoms with E-state index in [1.807, 2.05) is 56.3 Å². The van der Waals surface area contributed by atoms with E-state index in [2.05, 4.69) is 20.7 Å². The molecule has 2 aromatic carbocycles. The van der Waals surface area contributed by atoms with Crippen molar-refractivity contribution in [1.82, 2.24) is 19.6 Å². The molecule has 7 nitrogen and oxygen atoms in total. The van der Waals surface area contributed by atoms with Crippen molar-refractivity contribution in [2.75, 3.05) is 19.7 Å². The molecule has 1 unspecified atom stereocenters. The Bertz CT molecular complexity index is 1350. The third-order valence-corrected chi connectivity index (χ3v) is 7.34. The molecule has 1 saturated heterocycles. The van der Waals surface area contributed by atoms with Crippen LogP contribution >= 0.6 is 22.9 Å². The third-order valence-electron chi connectivity index (χ3n) is 5.50. The summed E-state index contributed by atoms with van der Waals surface area (Å²) in [7, 11) is 0. The molecule has 5 rings (SSSR count). The lowest BCUT2D eigenvalue weighted by Gasteiger charge is -2.23. The molecular weight excluding hydrogens is 456 g/mol. The van der Waals surface area contributed by atoms with Crippen molar-refractivity contribution < 1.29 is 14.3 Å². The van der Waals surface area contributed by atoms with Gasteiger partial charge in [0.05, 0.1) is 27.7 Å². The largest absolute Gasteiger partial charge is 0.355 e. The van der Waals surface area contributed by atoms with E-state index >= 15 is 0 Å². The fraction of sp³-hybridized carbons (Fsp3) is 0.250. The van der Waals surface area contributed by atoms with Gasteiger partial charge in [-0.15, -0.1) is 11.3 Å². The number of aryl methyl sites for hydroxylation is 2. The monoisotopic (exact) mass is 478 g/mol. The van der Waals surface area contributed by atoms with Crippen LogP contribution in [-0.4, -0.2) is 52.0 Å². The van der Waals surface area contributed by atoms with Gasteiger partial charge in [0, 0.05) is 11.9 Å². The molecule has 1 aliphatic rings. The molecule has 0 spiro atoms. The van der Waals surface area contributed by atoms with E-state index in [0.29, 0.717) is 24.5 Å². The first kappa shape index (κ1) is 21.7. The van der Waals surface area contributed by atoms with Gasteiger partial charge in [-0.25, -0.2) is 4.98 Å². The van der Waals surface area contributed by atoms with Crippen molar-refractivity contribution in [2.24, 2.45) is 0 Å². The summed E-state index contributed by atoms with van der Waals surface area (Å²) in [6, 6.07) is 15.7. The van der Waals surface area contributed by atoms with Crippen LogP contribution in [0.2, 0.25) is 0 Å². The van der Waals surface area contributed by atoms with Crippen LogP contribution in [0.5, 0.6) is 0 Å². The minimum Gasteiger partial charge on any atom is -0.355 e. The van der Waals surface area contributed by atoms with Crippen LogP contribution in [0.15, 0.2) is 48.5 Å². The molecule has 0 aliphatic carbocycles. The Labute approximate surface area is 199 Å². The highest BCUT2D eigenvalue weighted by molar-refractivity contribution is 7.15. The van der Waals surface area contributed by atoms with Crippen molar-refractivity contribution in [3.8, 4) is 10.4 Å². The van der Waals surface area contributed by atoms with Crippen molar-refractivity contribution in [2.45, 2.75) is 20.1 Å². The summed E-state index contributed by atoms with van der Waals surface area (Å²) in [5.41, 5.74) is 2.92. The van der Waals surface area contributed by atoms with Gasteiger partial charge in [0.2, 0.25) is 0 Å². The van der Waals surface area contributed by atoms with Crippen LogP contribution in [-0.2, 0) is 4.74 Å². The highest BCUT2D eigenvalue weighted by Gasteiger charge is 2.33. The van der Waals surface area contributed by atoms with Crippen LogP contribution in [0.4, 0.5) is 0 Å². The van der Waals surface area contributed by atoms with Gasteiger partial charge in [0.25, 0.3) is 11.8 Å². The zero-order valence-electron chi connectivity index (χ0n) is 18.2. The molecule has 0 radical (unpaired) electrons. The van der Waals surface area contributed by atoms with Crippen molar-refractivity contribution >= 4 is 44.8 Å². The lowest BCUT2D eigenvalue weighted by Crippen LogP contribution is -2.44. The molecule has 2 amide bonds. The van der Waals surface area contributed by atoms with Gasteiger partial charge in [-0.05, 0) is 37.0 Å². The molecule has 2 aromatic heterocycles. The van der Waals surface area contributed by atoms with E-state index in [4.69, 9.17) is 4.74 Å². The maximum Gasteiger partial charge on any atom is 0.276 e. The van der Waals surface area contributed by atoms with Crippen molar-refractivity contribution in [3.63, 3.8) is 0 Å². The number of aromatic nitrogens is 2. The number of nitrogens with one attached hydrogen (secondary N) is 1. The average molecular weight is 479 g/mol. The zero-order chi connectivity index (χ0) is 22.9. The van der Waals surface area contributed by atoms with Gasteiger partial charge >= 0.3 is 0 Å². The first-order valence-electron chi connectivity index (χ1n) is 10.6. The number of hydrogen-bond acceptors (Lipinski definition) is 7. The fourth-order valence-corrected chi connectivity index (χ4v) is 5.61. The Hall–Kier alpha value is -3.14. The molecule has 0 bridgehead atoms. The normalized spacial score (nSPS) is 15.8. The molecule has 9 heteroatoms. The van der Waals surface area contributed by atoms with E-state index in [9.17, 15) is 9.59 Å². The number of thiazole rings is 1. The summed E-state index contributed by atoms with van der Waals surface area (Å²) in [5, 5.41) is 4.53. The second-order valence-electron chi connectivity index (χ2n) is 7.84. The van der Waals surface area contributed by atoms with E-state index in [-0.39, 0.29) is 18.4 Å². The van der Waals surface area contributed by atoms with Crippen LogP contribution in [0.25, 0.3) is 20.5 Å². The summed E-state index contributed by atoms with van der Waals surface area (Å²) >= 11 is 2.80. The number of hydrogen-bond donors (Lipinski definition) is 1. The highest BCUT2D eigenvalue weighted by Crippen LogP contribution is 2.32.